The Balaban J connectivity index is 1.77. The smallest absolute Gasteiger partial charge is 0.344 e. The van der Waals surface area contributed by atoms with E-state index in [-0.39, 0.29) is 6.61 Å². The third-order valence-electron chi connectivity index (χ3n) is 3.25. The predicted molar refractivity (Wildman–Crippen MR) is 97.5 cm³/mol. The lowest BCUT2D eigenvalue weighted by molar-refractivity contribution is -0.149. The zero-order valence-corrected chi connectivity index (χ0v) is 15.3. The van der Waals surface area contributed by atoms with E-state index < -0.39 is 18.5 Å². The summed E-state index contributed by atoms with van der Waals surface area (Å²) in [4.78, 5) is 23.5. The maximum Gasteiger partial charge on any atom is 0.344 e. The van der Waals surface area contributed by atoms with Gasteiger partial charge in [0.2, 0.25) is 0 Å². The van der Waals surface area contributed by atoms with E-state index >= 15 is 0 Å². The number of benzene rings is 2. The molecule has 0 atom stereocenters. The minimum absolute atomic E-state index is 0.306. The van der Waals surface area contributed by atoms with Gasteiger partial charge < -0.3 is 14.8 Å². The van der Waals surface area contributed by atoms with Gasteiger partial charge in [0.1, 0.15) is 5.75 Å². The third-order valence-corrected chi connectivity index (χ3v) is 3.99. The normalized spacial score (nSPS) is 10.2. The molecule has 25 heavy (non-hydrogen) atoms. The second kappa shape index (κ2) is 8.74. The number of nitrogens with one attached hydrogen (secondary N) is 1. The lowest BCUT2D eigenvalue weighted by Gasteiger charge is -2.10. The van der Waals surface area contributed by atoms with Crippen molar-refractivity contribution in [3.63, 3.8) is 0 Å². The molecule has 2 aromatic rings. The molecule has 2 rings (SSSR count). The van der Waals surface area contributed by atoms with Crippen LogP contribution in [-0.4, -0.2) is 25.1 Å². The van der Waals surface area contributed by atoms with E-state index in [0.717, 1.165) is 11.1 Å². The number of aryl methyl sites for hydroxylation is 2. The summed E-state index contributed by atoms with van der Waals surface area (Å²) in [7, 11) is 0. The van der Waals surface area contributed by atoms with Gasteiger partial charge in [-0.25, -0.2) is 4.79 Å². The molecule has 1 amide bonds. The van der Waals surface area contributed by atoms with E-state index in [2.05, 4.69) is 5.32 Å². The second-order valence-electron chi connectivity index (χ2n) is 5.39. The molecule has 0 saturated carbocycles. The average Bonchev–Trinajstić information content (AvgIpc) is 2.56. The summed E-state index contributed by atoms with van der Waals surface area (Å²) in [5.41, 5.74) is 2.27. The highest BCUT2D eigenvalue weighted by Gasteiger charge is 2.11. The van der Waals surface area contributed by atoms with E-state index in [1.54, 1.807) is 30.3 Å². The number of hydrogen-bond donors (Lipinski definition) is 1. The number of carbonyl (C=O) groups is 2. The van der Waals surface area contributed by atoms with Crippen LogP contribution in [0.1, 0.15) is 11.1 Å². The van der Waals surface area contributed by atoms with Gasteiger partial charge in [-0.2, -0.15) is 0 Å². The Labute approximate surface area is 155 Å². The molecular formula is C18H17Cl2NO4. The largest absolute Gasteiger partial charge is 0.482 e. The quantitative estimate of drug-likeness (QED) is 0.762. The van der Waals surface area contributed by atoms with Crippen molar-refractivity contribution in [1.82, 2.24) is 0 Å². The van der Waals surface area contributed by atoms with Gasteiger partial charge in [-0.1, -0.05) is 29.3 Å². The molecule has 0 fully saturated rings. The topological polar surface area (TPSA) is 64.6 Å². The Bertz CT molecular complexity index is 793. The Hall–Kier alpha value is -2.24. The molecule has 0 unspecified atom stereocenters. The number of ether oxygens (including phenoxy) is 2. The fourth-order valence-electron chi connectivity index (χ4n) is 1.94. The molecule has 0 aliphatic carbocycles. The van der Waals surface area contributed by atoms with Gasteiger partial charge in [-0.15, -0.1) is 0 Å². The summed E-state index contributed by atoms with van der Waals surface area (Å²) in [5.74, 6) is -0.645. The van der Waals surface area contributed by atoms with Crippen LogP contribution in [0.2, 0.25) is 10.0 Å². The molecule has 7 heteroatoms. The van der Waals surface area contributed by atoms with Crippen LogP contribution in [0, 0.1) is 13.8 Å². The Kier molecular flexibility index (Phi) is 6.67. The highest BCUT2D eigenvalue weighted by molar-refractivity contribution is 6.33. The van der Waals surface area contributed by atoms with Crippen LogP contribution in [0.15, 0.2) is 36.4 Å². The molecule has 0 saturated heterocycles. The molecule has 0 heterocycles. The van der Waals surface area contributed by atoms with Gasteiger partial charge in [-0.3, -0.25) is 4.79 Å². The molecule has 2 aromatic carbocycles. The van der Waals surface area contributed by atoms with Crippen molar-refractivity contribution >= 4 is 40.8 Å². The minimum atomic E-state index is -0.655. The molecule has 0 bridgehead atoms. The molecule has 0 aliphatic rings. The minimum Gasteiger partial charge on any atom is -0.482 e. The van der Waals surface area contributed by atoms with Crippen LogP contribution in [0.25, 0.3) is 0 Å². The molecule has 0 aliphatic heterocycles. The van der Waals surface area contributed by atoms with Crippen molar-refractivity contribution in [2.24, 2.45) is 0 Å². The average molecular weight is 382 g/mol. The van der Waals surface area contributed by atoms with E-state index in [9.17, 15) is 9.59 Å². The molecular weight excluding hydrogens is 365 g/mol. The summed E-state index contributed by atoms with van der Waals surface area (Å²) in [6.45, 7) is 2.99. The first-order valence-electron chi connectivity index (χ1n) is 7.45. The van der Waals surface area contributed by atoms with Gasteiger partial charge in [0.15, 0.2) is 13.2 Å². The van der Waals surface area contributed by atoms with Crippen molar-refractivity contribution in [3.05, 3.63) is 57.6 Å². The van der Waals surface area contributed by atoms with Crippen molar-refractivity contribution in [1.29, 1.82) is 0 Å². The van der Waals surface area contributed by atoms with Crippen molar-refractivity contribution in [2.45, 2.75) is 13.8 Å². The van der Waals surface area contributed by atoms with Gasteiger partial charge in [0, 0.05) is 5.02 Å². The number of carbonyl (C=O) groups excluding carboxylic acids is 2. The van der Waals surface area contributed by atoms with Crippen LogP contribution >= 0.6 is 23.2 Å². The molecule has 132 valence electrons. The molecule has 0 radical (unpaired) electrons. The highest BCUT2D eigenvalue weighted by Crippen LogP contribution is 2.23. The van der Waals surface area contributed by atoms with Crippen LogP contribution in [0.3, 0.4) is 0 Å². The summed E-state index contributed by atoms with van der Waals surface area (Å²) >= 11 is 11.9. The molecule has 5 nitrogen and oxygen atoms in total. The summed E-state index contributed by atoms with van der Waals surface area (Å²) in [6.07, 6.45) is 0. The van der Waals surface area contributed by atoms with Crippen molar-refractivity contribution in [3.8, 4) is 5.75 Å². The van der Waals surface area contributed by atoms with Gasteiger partial charge in [0.25, 0.3) is 5.91 Å². The fraction of sp³-hybridized carbons (Fsp3) is 0.222. The summed E-state index contributed by atoms with van der Waals surface area (Å²) < 4.78 is 10.2. The predicted octanol–water partition coefficient (Wildman–Crippen LogP) is 4.17. The van der Waals surface area contributed by atoms with E-state index in [1.807, 2.05) is 19.9 Å². The molecule has 1 N–H and O–H groups in total. The van der Waals surface area contributed by atoms with Gasteiger partial charge in [-0.05, 0) is 55.3 Å². The lowest BCUT2D eigenvalue weighted by Crippen LogP contribution is -2.23. The van der Waals surface area contributed by atoms with Crippen LogP contribution < -0.4 is 10.1 Å². The second-order valence-corrected chi connectivity index (χ2v) is 6.21. The Morgan fingerprint density at radius 3 is 2.44 bits per heavy atom. The first kappa shape index (κ1) is 19.1. The van der Waals surface area contributed by atoms with Crippen LogP contribution in [0.4, 0.5) is 5.69 Å². The summed E-state index contributed by atoms with van der Waals surface area (Å²) in [5, 5.41) is 3.61. The van der Waals surface area contributed by atoms with Gasteiger partial charge in [0.05, 0.1) is 10.7 Å². The number of halogens is 2. The monoisotopic (exact) mass is 381 g/mol. The third kappa shape index (κ3) is 5.96. The number of esters is 1. The Morgan fingerprint density at radius 2 is 1.76 bits per heavy atom. The van der Waals surface area contributed by atoms with Gasteiger partial charge >= 0.3 is 5.97 Å². The van der Waals surface area contributed by atoms with Crippen molar-refractivity contribution < 1.29 is 19.1 Å². The molecule has 0 spiro atoms. The van der Waals surface area contributed by atoms with Crippen LogP contribution in [0.5, 0.6) is 5.75 Å². The SMILES string of the molecule is Cc1ccc(NC(=O)COC(=O)COc2ccc(Cl)c(C)c2)c(Cl)c1. The van der Waals surface area contributed by atoms with E-state index in [4.69, 9.17) is 32.7 Å². The number of amides is 1. The highest BCUT2D eigenvalue weighted by atomic mass is 35.5. The number of rotatable bonds is 6. The standard InChI is InChI=1S/C18H17Cl2NO4/c1-11-3-6-16(15(20)7-11)21-17(22)9-25-18(23)10-24-13-4-5-14(19)12(2)8-13/h3-8H,9-10H2,1-2H3,(H,21,22). The lowest BCUT2D eigenvalue weighted by atomic mass is 10.2. The fourth-order valence-corrected chi connectivity index (χ4v) is 2.34. The first-order valence-corrected chi connectivity index (χ1v) is 8.21. The maximum absolute atomic E-state index is 11.8. The Morgan fingerprint density at radius 1 is 1.00 bits per heavy atom. The maximum atomic E-state index is 11.8. The van der Waals surface area contributed by atoms with Crippen molar-refractivity contribution in [2.75, 3.05) is 18.5 Å². The van der Waals surface area contributed by atoms with E-state index in [0.29, 0.717) is 21.5 Å². The molecule has 0 aromatic heterocycles. The number of anilines is 1. The van der Waals surface area contributed by atoms with Crippen LogP contribution in [-0.2, 0) is 14.3 Å². The van der Waals surface area contributed by atoms with E-state index in [1.165, 1.54) is 0 Å². The summed E-state index contributed by atoms with van der Waals surface area (Å²) in [6, 6.07) is 10.3. The zero-order chi connectivity index (χ0) is 18.4. The number of hydrogen-bond acceptors (Lipinski definition) is 4. The zero-order valence-electron chi connectivity index (χ0n) is 13.8. The first-order chi connectivity index (χ1) is 11.8.